The maximum absolute atomic E-state index is 12.6. The number of carbonyl (C=O) groups is 2. The molecular weight excluding hydrogens is 765 g/mol. The molecule has 0 aliphatic rings. The second kappa shape index (κ2) is 52.2. The number of unbranched alkanes of at least 4 members (excludes halogenated alkanes) is 19. The van der Waals surface area contributed by atoms with Crippen molar-refractivity contribution in [2.24, 2.45) is 0 Å². The number of esters is 2. The van der Waals surface area contributed by atoms with Crippen molar-refractivity contribution < 1.29 is 23.8 Å². The summed E-state index contributed by atoms with van der Waals surface area (Å²) in [6, 6.07) is 0. The van der Waals surface area contributed by atoms with Crippen LogP contribution in [0.2, 0.25) is 0 Å². The Hall–Kier alpha value is -3.18. The first-order valence-corrected chi connectivity index (χ1v) is 25.8. The van der Waals surface area contributed by atoms with E-state index in [0.717, 1.165) is 103 Å². The molecule has 0 bridgehead atoms. The number of rotatable bonds is 46. The van der Waals surface area contributed by atoms with E-state index >= 15 is 0 Å². The first-order valence-electron chi connectivity index (χ1n) is 25.8. The quantitative estimate of drug-likeness (QED) is 0.0347. The van der Waals surface area contributed by atoms with Crippen molar-refractivity contribution in [3.05, 3.63) is 97.2 Å². The fourth-order valence-electron chi connectivity index (χ4n) is 6.82. The van der Waals surface area contributed by atoms with Gasteiger partial charge >= 0.3 is 11.9 Å². The van der Waals surface area contributed by atoms with Gasteiger partial charge in [-0.05, 0) is 96.3 Å². The molecule has 0 aliphatic heterocycles. The van der Waals surface area contributed by atoms with Gasteiger partial charge in [-0.1, -0.05) is 214 Å². The summed E-state index contributed by atoms with van der Waals surface area (Å²) < 4.78 is 17.4. The van der Waals surface area contributed by atoms with E-state index in [1.165, 1.54) is 89.9 Å². The van der Waals surface area contributed by atoms with E-state index in [4.69, 9.17) is 14.2 Å². The Bertz CT molecular complexity index is 1130. The number of ether oxygens (including phenoxy) is 3. The monoisotopic (exact) mass is 861 g/mol. The van der Waals surface area contributed by atoms with Gasteiger partial charge in [0.05, 0.1) is 0 Å². The molecule has 0 aliphatic carbocycles. The lowest BCUT2D eigenvalue weighted by Crippen LogP contribution is -2.29. The molecule has 0 saturated carbocycles. The van der Waals surface area contributed by atoms with Crippen molar-refractivity contribution in [3.8, 4) is 0 Å². The minimum atomic E-state index is -0.437. The van der Waals surface area contributed by atoms with Crippen molar-refractivity contribution in [2.45, 2.75) is 232 Å². The van der Waals surface area contributed by atoms with E-state index in [9.17, 15) is 9.59 Å². The minimum Gasteiger partial charge on any atom is -0.463 e. The van der Waals surface area contributed by atoms with Gasteiger partial charge < -0.3 is 14.2 Å². The summed E-state index contributed by atoms with van der Waals surface area (Å²) in [5, 5.41) is 0. The van der Waals surface area contributed by atoms with E-state index in [1.807, 2.05) is 0 Å². The molecule has 5 nitrogen and oxygen atoms in total. The lowest BCUT2D eigenvalue weighted by Gasteiger charge is -2.18. The Kier molecular flexibility index (Phi) is 49.5. The predicted molar refractivity (Wildman–Crippen MR) is 270 cm³/mol. The highest BCUT2D eigenvalue weighted by Crippen LogP contribution is 2.14. The van der Waals surface area contributed by atoms with Crippen LogP contribution in [0.4, 0.5) is 0 Å². The van der Waals surface area contributed by atoms with Crippen LogP contribution >= 0.6 is 0 Å². The average Bonchev–Trinajstić information content (AvgIpc) is 3.28. The summed E-state index contributed by atoms with van der Waals surface area (Å²) in [5.41, 5.74) is 0. The molecule has 0 heterocycles. The van der Waals surface area contributed by atoms with E-state index < -0.39 is 6.10 Å². The van der Waals surface area contributed by atoms with Gasteiger partial charge in [-0.3, -0.25) is 9.59 Å². The smallest absolute Gasteiger partial charge is 0.305 e. The molecule has 0 amide bonds. The molecule has 0 unspecified atom stereocenters. The standard InChI is InChI=1S/C57H96O5/c1-4-7-10-13-16-19-22-25-28-31-34-37-40-43-46-49-52-60-55(53-61-56(58)50-47-44-41-38-35-32-29-26-23-20-17-14-11-8-5-2)54-62-57(59)51-48-45-42-39-36-33-30-27-24-21-18-15-12-9-6-3/h8-9,11-12,17-18,20-21,26-27,29-30,35-36,38-39,55H,4-7,10,13-16,19,22-25,28,31-34,37,40-54H2,1-3H3/b11-8-,12-9-,20-17-,21-18-,29-26-,30-27-,38-35-,39-36-. The van der Waals surface area contributed by atoms with Gasteiger partial charge in [0.1, 0.15) is 19.3 Å². The highest BCUT2D eigenvalue weighted by atomic mass is 16.6. The minimum absolute atomic E-state index is 0.119. The van der Waals surface area contributed by atoms with Gasteiger partial charge in [0.15, 0.2) is 0 Å². The lowest BCUT2D eigenvalue weighted by atomic mass is 10.0. The Balaban J connectivity index is 4.39. The van der Waals surface area contributed by atoms with Crippen molar-refractivity contribution in [3.63, 3.8) is 0 Å². The summed E-state index contributed by atoms with van der Waals surface area (Å²) in [7, 11) is 0. The summed E-state index contributed by atoms with van der Waals surface area (Å²) in [4.78, 5) is 25.2. The predicted octanol–water partition coefficient (Wildman–Crippen LogP) is 17.5. The molecule has 354 valence electrons. The molecule has 62 heavy (non-hydrogen) atoms. The first kappa shape index (κ1) is 58.8. The second-order valence-electron chi connectivity index (χ2n) is 16.7. The zero-order valence-electron chi connectivity index (χ0n) is 40.6. The van der Waals surface area contributed by atoms with Crippen LogP contribution in [0, 0.1) is 0 Å². The van der Waals surface area contributed by atoms with Crippen LogP contribution in [0.15, 0.2) is 97.2 Å². The Labute approximate surface area is 383 Å². The fraction of sp³-hybridized carbons (Fsp3) is 0.684. The van der Waals surface area contributed by atoms with Crippen molar-refractivity contribution >= 4 is 11.9 Å². The molecule has 0 fully saturated rings. The largest absolute Gasteiger partial charge is 0.463 e. The van der Waals surface area contributed by atoms with E-state index in [-0.39, 0.29) is 25.2 Å². The van der Waals surface area contributed by atoms with Crippen LogP contribution < -0.4 is 0 Å². The fourth-order valence-corrected chi connectivity index (χ4v) is 6.82. The number of hydrogen-bond donors (Lipinski definition) is 0. The maximum atomic E-state index is 12.6. The molecule has 0 radical (unpaired) electrons. The van der Waals surface area contributed by atoms with Crippen LogP contribution in [0.3, 0.4) is 0 Å². The van der Waals surface area contributed by atoms with Crippen molar-refractivity contribution in [1.82, 2.24) is 0 Å². The van der Waals surface area contributed by atoms with Gasteiger partial charge in [0.25, 0.3) is 0 Å². The number of hydrogen-bond acceptors (Lipinski definition) is 5. The normalized spacial score (nSPS) is 12.6. The van der Waals surface area contributed by atoms with Crippen LogP contribution in [-0.4, -0.2) is 37.9 Å². The topological polar surface area (TPSA) is 61.8 Å². The first-order chi connectivity index (χ1) is 30.6. The summed E-state index contributed by atoms with van der Waals surface area (Å²) in [5.74, 6) is -0.429. The molecule has 0 aromatic carbocycles. The zero-order chi connectivity index (χ0) is 44.9. The zero-order valence-corrected chi connectivity index (χ0v) is 40.6. The van der Waals surface area contributed by atoms with Gasteiger partial charge in [0, 0.05) is 19.4 Å². The Morgan fingerprint density at radius 2 is 0.661 bits per heavy atom. The SMILES string of the molecule is CC/C=C\C/C=C\C/C=C\C/C=C\CCCCC(=O)OCC(COC(=O)CCCC/C=C\C/C=C\C/C=C\C/C=C\CC)OCCCCCCCCCCCCCCCCCC. The van der Waals surface area contributed by atoms with Crippen molar-refractivity contribution in [1.29, 1.82) is 0 Å². The lowest BCUT2D eigenvalue weighted by molar-refractivity contribution is -0.155. The van der Waals surface area contributed by atoms with Gasteiger partial charge in [-0.2, -0.15) is 0 Å². The summed E-state index contributed by atoms with van der Waals surface area (Å²) >= 11 is 0. The van der Waals surface area contributed by atoms with Crippen molar-refractivity contribution in [2.75, 3.05) is 19.8 Å². The van der Waals surface area contributed by atoms with Crippen LogP contribution in [0.5, 0.6) is 0 Å². The molecule has 0 spiro atoms. The Morgan fingerprint density at radius 3 is 1.00 bits per heavy atom. The molecule has 0 atom stereocenters. The van der Waals surface area contributed by atoms with E-state index in [0.29, 0.717) is 19.4 Å². The molecule has 0 rings (SSSR count). The number of carbonyl (C=O) groups excluding carboxylic acids is 2. The van der Waals surface area contributed by atoms with Crippen LogP contribution in [0.1, 0.15) is 226 Å². The summed E-state index contributed by atoms with van der Waals surface area (Å²) in [6.45, 7) is 7.41. The average molecular weight is 861 g/mol. The molecular formula is C57H96O5. The third kappa shape index (κ3) is 49.5. The molecule has 0 N–H and O–H groups in total. The second-order valence-corrected chi connectivity index (χ2v) is 16.7. The van der Waals surface area contributed by atoms with Gasteiger partial charge in [0.2, 0.25) is 0 Å². The molecule has 5 heteroatoms. The van der Waals surface area contributed by atoms with Crippen LogP contribution in [-0.2, 0) is 23.8 Å². The third-order valence-electron chi connectivity index (χ3n) is 10.7. The highest BCUT2D eigenvalue weighted by Gasteiger charge is 2.16. The third-order valence-corrected chi connectivity index (χ3v) is 10.7. The molecule has 0 aromatic heterocycles. The van der Waals surface area contributed by atoms with Gasteiger partial charge in [-0.15, -0.1) is 0 Å². The highest BCUT2D eigenvalue weighted by molar-refractivity contribution is 5.69. The Morgan fingerprint density at radius 1 is 0.355 bits per heavy atom. The molecule has 0 aromatic rings. The number of allylic oxidation sites excluding steroid dienone is 16. The van der Waals surface area contributed by atoms with E-state index in [2.05, 4.69) is 118 Å². The maximum Gasteiger partial charge on any atom is 0.305 e. The summed E-state index contributed by atoms with van der Waals surface area (Å²) in [6.07, 6.45) is 70.1. The van der Waals surface area contributed by atoms with E-state index in [1.54, 1.807) is 0 Å². The van der Waals surface area contributed by atoms with Gasteiger partial charge in [-0.25, -0.2) is 0 Å². The van der Waals surface area contributed by atoms with Crippen LogP contribution in [0.25, 0.3) is 0 Å². The molecule has 0 saturated heterocycles.